The van der Waals surface area contributed by atoms with Crippen LogP contribution in [-0.4, -0.2) is 60.1 Å². The van der Waals surface area contributed by atoms with Crippen molar-refractivity contribution in [3.8, 4) is 0 Å². The molecule has 0 spiro atoms. The molecule has 7 heteroatoms. The van der Waals surface area contributed by atoms with Gasteiger partial charge < -0.3 is 19.6 Å². The molecular formula is C21H22N2O5. The van der Waals surface area contributed by atoms with E-state index in [1.807, 2.05) is 30.3 Å². The second kappa shape index (κ2) is 8.22. The van der Waals surface area contributed by atoms with Crippen molar-refractivity contribution in [2.75, 3.05) is 25.0 Å². The van der Waals surface area contributed by atoms with E-state index in [1.54, 1.807) is 38.2 Å². The molecule has 3 rings (SSSR count). The first-order valence-corrected chi connectivity index (χ1v) is 8.97. The van der Waals surface area contributed by atoms with E-state index >= 15 is 0 Å². The lowest BCUT2D eigenvalue weighted by atomic mass is 10.1. The number of benzene rings is 2. The fourth-order valence-electron chi connectivity index (χ4n) is 3.18. The first kappa shape index (κ1) is 19.6. The Kier molecular flexibility index (Phi) is 5.75. The topological polar surface area (TPSA) is 87.2 Å². The molecule has 2 amide bonds. The first-order chi connectivity index (χ1) is 13.4. The fourth-order valence-corrected chi connectivity index (χ4v) is 3.18. The number of hydrogen-bond acceptors (Lipinski definition) is 4. The largest absolute Gasteiger partial charge is 0.479 e. The highest BCUT2D eigenvalue weighted by Gasteiger charge is 2.33. The second-order valence-electron chi connectivity index (χ2n) is 6.76. The lowest BCUT2D eigenvalue weighted by molar-refractivity contribution is -0.160. The Morgan fingerprint density at radius 3 is 2.39 bits per heavy atom. The molecule has 0 saturated carbocycles. The zero-order valence-electron chi connectivity index (χ0n) is 15.7. The lowest BCUT2D eigenvalue weighted by Gasteiger charge is -2.35. The van der Waals surface area contributed by atoms with Crippen LogP contribution < -0.4 is 4.90 Å². The molecule has 7 nitrogen and oxygen atoms in total. The summed E-state index contributed by atoms with van der Waals surface area (Å²) in [6, 6.07) is 15.7. The van der Waals surface area contributed by atoms with Gasteiger partial charge in [-0.15, -0.1) is 0 Å². The predicted octanol–water partition coefficient (Wildman–Crippen LogP) is 2.28. The van der Waals surface area contributed by atoms with Crippen LogP contribution in [0.4, 0.5) is 5.69 Å². The third-order valence-corrected chi connectivity index (χ3v) is 4.63. The molecule has 0 bridgehead atoms. The van der Waals surface area contributed by atoms with E-state index in [4.69, 9.17) is 4.74 Å². The smallest absolute Gasteiger partial charge is 0.334 e. The molecule has 1 aliphatic rings. The molecule has 0 aliphatic carbocycles. The van der Waals surface area contributed by atoms with E-state index in [-0.39, 0.29) is 24.5 Å². The molecular weight excluding hydrogens is 360 g/mol. The number of ether oxygens (including phenoxy) is 1. The van der Waals surface area contributed by atoms with E-state index in [9.17, 15) is 19.5 Å². The highest BCUT2D eigenvalue weighted by molar-refractivity contribution is 6.07. The highest BCUT2D eigenvalue weighted by atomic mass is 16.5. The number of carboxylic acid groups (broad SMARTS) is 1. The number of hydrogen-bond donors (Lipinski definition) is 1. The van der Waals surface area contributed by atoms with Crippen molar-refractivity contribution < 1.29 is 24.2 Å². The van der Waals surface area contributed by atoms with E-state index in [1.165, 1.54) is 9.80 Å². The number of aliphatic carboxylic acids is 1. The first-order valence-electron chi connectivity index (χ1n) is 8.97. The minimum Gasteiger partial charge on any atom is -0.479 e. The Morgan fingerprint density at radius 1 is 1.04 bits per heavy atom. The van der Waals surface area contributed by atoms with Crippen LogP contribution in [0.15, 0.2) is 54.6 Å². The zero-order chi connectivity index (χ0) is 20.3. The number of nitrogens with zero attached hydrogens (tertiary/aromatic N) is 2. The predicted molar refractivity (Wildman–Crippen MR) is 103 cm³/mol. The van der Waals surface area contributed by atoms with Gasteiger partial charge in [0.25, 0.3) is 11.8 Å². The van der Waals surface area contributed by atoms with Gasteiger partial charge in [-0.2, -0.15) is 0 Å². The van der Waals surface area contributed by atoms with E-state index in [0.29, 0.717) is 17.7 Å². The van der Waals surface area contributed by atoms with Crippen LogP contribution in [0.1, 0.15) is 27.6 Å². The third-order valence-electron chi connectivity index (χ3n) is 4.63. The van der Waals surface area contributed by atoms with E-state index in [0.717, 1.165) is 5.69 Å². The van der Waals surface area contributed by atoms with Crippen LogP contribution in [0.3, 0.4) is 0 Å². The monoisotopic (exact) mass is 382 g/mol. The van der Waals surface area contributed by atoms with Gasteiger partial charge in [-0.25, -0.2) is 4.79 Å². The average molecular weight is 382 g/mol. The third kappa shape index (κ3) is 4.20. The van der Waals surface area contributed by atoms with Gasteiger partial charge in [0, 0.05) is 30.4 Å². The lowest BCUT2D eigenvalue weighted by Crippen LogP contribution is -2.51. The minimum absolute atomic E-state index is 0.0272. The summed E-state index contributed by atoms with van der Waals surface area (Å²) >= 11 is 0. The maximum Gasteiger partial charge on any atom is 0.334 e. The molecule has 1 saturated heterocycles. The molecule has 1 aliphatic heterocycles. The van der Waals surface area contributed by atoms with Gasteiger partial charge in [-0.1, -0.05) is 24.3 Å². The average Bonchev–Trinajstić information content (AvgIpc) is 2.72. The number of morpholine rings is 1. The highest BCUT2D eigenvalue weighted by Crippen LogP contribution is 2.18. The molecule has 0 radical (unpaired) electrons. The maximum atomic E-state index is 12.9. The van der Waals surface area contributed by atoms with Gasteiger partial charge >= 0.3 is 5.97 Å². The van der Waals surface area contributed by atoms with Crippen LogP contribution in [0, 0.1) is 0 Å². The van der Waals surface area contributed by atoms with Crippen LogP contribution >= 0.6 is 0 Å². The zero-order valence-corrected chi connectivity index (χ0v) is 15.7. The van der Waals surface area contributed by atoms with Crippen LogP contribution in [0.25, 0.3) is 0 Å². The molecule has 1 N–H and O–H groups in total. The second-order valence-corrected chi connectivity index (χ2v) is 6.76. The van der Waals surface area contributed by atoms with Crippen molar-refractivity contribution in [3.05, 3.63) is 65.7 Å². The minimum atomic E-state index is -1.10. The maximum absolute atomic E-state index is 12.9. The van der Waals surface area contributed by atoms with Gasteiger partial charge in [0.15, 0.2) is 6.10 Å². The van der Waals surface area contributed by atoms with Gasteiger partial charge in [0.05, 0.1) is 12.6 Å². The summed E-state index contributed by atoms with van der Waals surface area (Å²) in [6.07, 6.45) is -1.44. The molecule has 2 aromatic carbocycles. The summed E-state index contributed by atoms with van der Waals surface area (Å²) in [7, 11) is 1.67. The molecule has 0 aromatic heterocycles. The van der Waals surface area contributed by atoms with Gasteiger partial charge in [0.1, 0.15) is 0 Å². The molecule has 1 unspecified atom stereocenters. The van der Waals surface area contributed by atoms with Crippen LogP contribution in [-0.2, 0) is 9.53 Å². The van der Waals surface area contributed by atoms with E-state index < -0.39 is 12.1 Å². The van der Waals surface area contributed by atoms with Gasteiger partial charge in [-0.3, -0.25) is 9.59 Å². The van der Waals surface area contributed by atoms with Crippen LogP contribution in [0.5, 0.6) is 0 Å². The summed E-state index contributed by atoms with van der Waals surface area (Å²) in [4.78, 5) is 39.9. The molecule has 1 heterocycles. The molecule has 2 atom stereocenters. The van der Waals surface area contributed by atoms with Crippen molar-refractivity contribution in [1.29, 1.82) is 0 Å². The number of carbonyl (C=O) groups is 3. The number of amides is 2. The summed E-state index contributed by atoms with van der Waals surface area (Å²) in [5, 5.41) is 9.20. The normalized spacial score (nSPS) is 19.1. The SMILES string of the molecule is C[C@@H]1CN(C(=O)c2cccc(C(=O)N(C)c3ccccc3)c2)CC(C(=O)O)O1. The summed E-state index contributed by atoms with van der Waals surface area (Å²) < 4.78 is 5.35. The number of rotatable bonds is 4. The van der Waals surface area contributed by atoms with E-state index in [2.05, 4.69) is 0 Å². The van der Waals surface area contributed by atoms with Crippen molar-refractivity contribution in [1.82, 2.24) is 4.90 Å². The number of para-hydroxylation sites is 1. The Labute approximate surface area is 163 Å². The van der Waals surface area contributed by atoms with Crippen molar-refractivity contribution in [2.45, 2.75) is 19.1 Å². The quantitative estimate of drug-likeness (QED) is 0.877. The number of carboxylic acids is 1. The van der Waals surface area contributed by atoms with Crippen molar-refractivity contribution in [3.63, 3.8) is 0 Å². The Hall–Kier alpha value is -3.19. The van der Waals surface area contributed by atoms with Crippen LogP contribution in [0.2, 0.25) is 0 Å². The standard InChI is InChI=1S/C21H22N2O5/c1-14-12-23(13-18(28-14)21(26)27)20(25)16-8-6-7-15(11-16)19(24)22(2)17-9-4-3-5-10-17/h3-11,14,18H,12-13H2,1-2H3,(H,26,27)/t14-,18?/m1/s1. The Balaban J connectivity index is 1.80. The summed E-state index contributed by atoms with van der Waals surface area (Å²) in [6.45, 7) is 2.00. The fraction of sp³-hybridized carbons (Fsp3) is 0.286. The summed E-state index contributed by atoms with van der Waals surface area (Å²) in [5.41, 5.74) is 1.47. The van der Waals surface area contributed by atoms with Gasteiger partial charge in [0.2, 0.25) is 0 Å². The molecule has 1 fully saturated rings. The van der Waals surface area contributed by atoms with Crippen molar-refractivity contribution in [2.24, 2.45) is 0 Å². The molecule has 146 valence electrons. The number of carbonyl (C=O) groups excluding carboxylic acids is 2. The number of anilines is 1. The molecule has 28 heavy (non-hydrogen) atoms. The van der Waals surface area contributed by atoms with Gasteiger partial charge in [-0.05, 0) is 37.3 Å². The molecule has 2 aromatic rings. The Bertz CT molecular complexity index is 883. The van der Waals surface area contributed by atoms with Crippen molar-refractivity contribution >= 4 is 23.5 Å². The summed E-state index contributed by atoms with van der Waals surface area (Å²) in [5.74, 6) is -1.66. The Morgan fingerprint density at radius 2 is 1.71 bits per heavy atom.